The smallest absolute Gasteiger partial charge is 0.257 e. The van der Waals surface area contributed by atoms with Crippen molar-refractivity contribution in [3.05, 3.63) is 18.0 Å². The first-order chi connectivity index (χ1) is 10.8. The van der Waals surface area contributed by atoms with Crippen molar-refractivity contribution >= 4 is 11.9 Å². The number of rotatable bonds is 2. The Bertz CT molecular complexity index is 563. The highest BCUT2D eigenvalue weighted by Gasteiger charge is 2.49. The molecule has 1 atom stereocenters. The molecule has 3 heterocycles. The Hall–Kier alpha value is -1.73. The van der Waals surface area contributed by atoms with Crippen LogP contribution in [-0.2, 0) is 4.74 Å². The standard InChI is InChI=1S/C16H24N4O3/c1-15(2)10-20(11-16(15,3)22)13(21)12-8-17-14(18-9-12)19-4-6-23-7-5-19/h8-9,22H,4-7,10-11H2,1-3H3. The molecular formula is C16H24N4O3. The van der Waals surface area contributed by atoms with Crippen molar-refractivity contribution in [3.63, 3.8) is 0 Å². The number of nitrogens with zero attached hydrogens (tertiary/aromatic N) is 4. The quantitative estimate of drug-likeness (QED) is 0.857. The number of amides is 1. The fourth-order valence-corrected chi connectivity index (χ4v) is 2.97. The van der Waals surface area contributed by atoms with Gasteiger partial charge in [-0.05, 0) is 6.92 Å². The molecule has 1 unspecified atom stereocenters. The minimum atomic E-state index is -0.892. The third-order valence-electron chi connectivity index (χ3n) is 5.01. The molecule has 126 valence electrons. The van der Waals surface area contributed by atoms with Crippen molar-refractivity contribution in [1.82, 2.24) is 14.9 Å². The summed E-state index contributed by atoms with van der Waals surface area (Å²) in [5.41, 5.74) is -0.773. The van der Waals surface area contributed by atoms with Gasteiger partial charge in [-0.2, -0.15) is 0 Å². The molecule has 1 aromatic heterocycles. The summed E-state index contributed by atoms with van der Waals surface area (Å²) in [7, 11) is 0. The average Bonchev–Trinajstić information content (AvgIpc) is 2.76. The van der Waals surface area contributed by atoms with Gasteiger partial charge in [0, 0.05) is 37.4 Å². The van der Waals surface area contributed by atoms with Crippen molar-refractivity contribution in [2.24, 2.45) is 5.41 Å². The highest BCUT2D eigenvalue weighted by atomic mass is 16.5. The molecule has 2 saturated heterocycles. The highest BCUT2D eigenvalue weighted by Crippen LogP contribution is 2.38. The zero-order chi connectivity index (χ0) is 16.7. The van der Waals surface area contributed by atoms with E-state index in [2.05, 4.69) is 9.97 Å². The van der Waals surface area contributed by atoms with Gasteiger partial charge in [0.25, 0.3) is 5.91 Å². The van der Waals surface area contributed by atoms with Crippen molar-refractivity contribution in [2.45, 2.75) is 26.4 Å². The third-order valence-corrected chi connectivity index (χ3v) is 5.01. The molecule has 7 heteroatoms. The van der Waals surface area contributed by atoms with Gasteiger partial charge in [-0.15, -0.1) is 0 Å². The number of likely N-dealkylation sites (tertiary alicyclic amines) is 1. The van der Waals surface area contributed by atoms with Gasteiger partial charge in [0.1, 0.15) is 0 Å². The highest BCUT2D eigenvalue weighted by molar-refractivity contribution is 5.94. The molecule has 0 aliphatic carbocycles. The molecule has 1 N–H and O–H groups in total. The van der Waals surface area contributed by atoms with Crippen LogP contribution < -0.4 is 4.90 Å². The molecular weight excluding hydrogens is 296 g/mol. The first-order valence-corrected chi connectivity index (χ1v) is 7.97. The van der Waals surface area contributed by atoms with Gasteiger partial charge in [0.15, 0.2) is 0 Å². The van der Waals surface area contributed by atoms with E-state index in [9.17, 15) is 9.90 Å². The number of carbonyl (C=O) groups is 1. The van der Waals surface area contributed by atoms with Gasteiger partial charge in [-0.25, -0.2) is 9.97 Å². The molecule has 2 fully saturated rings. The number of aromatic nitrogens is 2. The van der Waals surface area contributed by atoms with Crippen LogP contribution in [0.25, 0.3) is 0 Å². The monoisotopic (exact) mass is 320 g/mol. The number of ether oxygens (including phenoxy) is 1. The molecule has 2 aliphatic heterocycles. The first-order valence-electron chi connectivity index (χ1n) is 7.97. The molecule has 2 aliphatic rings. The van der Waals surface area contributed by atoms with E-state index in [1.807, 2.05) is 18.7 Å². The van der Waals surface area contributed by atoms with E-state index < -0.39 is 5.60 Å². The van der Waals surface area contributed by atoms with Gasteiger partial charge in [0.05, 0.1) is 30.9 Å². The predicted molar refractivity (Wildman–Crippen MR) is 85.4 cm³/mol. The maximum absolute atomic E-state index is 12.6. The second kappa shape index (κ2) is 5.72. The van der Waals surface area contributed by atoms with E-state index in [-0.39, 0.29) is 11.3 Å². The van der Waals surface area contributed by atoms with Crippen LogP contribution >= 0.6 is 0 Å². The maximum atomic E-state index is 12.6. The van der Waals surface area contributed by atoms with Gasteiger partial charge in [-0.3, -0.25) is 4.79 Å². The fraction of sp³-hybridized carbons (Fsp3) is 0.688. The second-order valence-electron chi connectivity index (χ2n) is 7.19. The number of β-amino-alcohol motifs (C(OH)–C–C–N with tert-alkyl or cyclic N) is 1. The predicted octanol–water partition coefficient (Wildman–Crippen LogP) is 0.546. The molecule has 0 aromatic carbocycles. The summed E-state index contributed by atoms with van der Waals surface area (Å²) in [6.45, 7) is 9.42. The van der Waals surface area contributed by atoms with Crippen molar-refractivity contribution in [1.29, 1.82) is 0 Å². The summed E-state index contributed by atoms with van der Waals surface area (Å²) < 4.78 is 5.31. The molecule has 3 rings (SSSR count). The van der Waals surface area contributed by atoms with Gasteiger partial charge >= 0.3 is 0 Å². The number of morpholine rings is 1. The number of hydrogen-bond donors (Lipinski definition) is 1. The number of carbonyl (C=O) groups excluding carboxylic acids is 1. The van der Waals surface area contributed by atoms with Gasteiger partial charge in [-0.1, -0.05) is 13.8 Å². The Morgan fingerprint density at radius 2 is 1.78 bits per heavy atom. The van der Waals surface area contributed by atoms with Crippen LogP contribution in [0, 0.1) is 5.41 Å². The molecule has 23 heavy (non-hydrogen) atoms. The van der Waals surface area contributed by atoms with Crippen LogP contribution in [0.2, 0.25) is 0 Å². The lowest BCUT2D eigenvalue weighted by atomic mass is 9.79. The van der Waals surface area contributed by atoms with Crippen LogP contribution in [0.3, 0.4) is 0 Å². The van der Waals surface area contributed by atoms with Crippen molar-refractivity contribution in [3.8, 4) is 0 Å². The number of hydrogen-bond acceptors (Lipinski definition) is 6. The average molecular weight is 320 g/mol. The Labute approximate surface area is 136 Å². The normalized spacial score (nSPS) is 27.3. The Morgan fingerprint density at radius 3 is 2.30 bits per heavy atom. The summed E-state index contributed by atoms with van der Waals surface area (Å²) in [5, 5.41) is 10.5. The number of aliphatic hydroxyl groups is 1. The Balaban J connectivity index is 1.71. The molecule has 7 nitrogen and oxygen atoms in total. The largest absolute Gasteiger partial charge is 0.388 e. The molecule has 0 radical (unpaired) electrons. The lowest BCUT2D eigenvalue weighted by Crippen LogP contribution is -2.40. The summed E-state index contributed by atoms with van der Waals surface area (Å²) in [6, 6.07) is 0. The van der Waals surface area contributed by atoms with Crippen molar-refractivity contribution in [2.75, 3.05) is 44.3 Å². The van der Waals surface area contributed by atoms with Crippen LogP contribution in [0.4, 0.5) is 5.95 Å². The lowest BCUT2D eigenvalue weighted by molar-refractivity contribution is -0.0108. The minimum absolute atomic E-state index is 0.135. The summed E-state index contributed by atoms with van der Waals surface area (Å²) in [5.74, 6) is 0.489. The minimum Gasteiger partial charge on any atom is -0.388 e. The summed E-state index contributed by atoms with van der Waals surface area (Å²) in [4.78, 5) is 25.0. The zero-order valence-corrected chi connectivity index (χ0v) is 13.9. The van der Waals surface area contributed by atoms with Crippen LogP contribution in [0.15, 0.2) is 12.4 Å². The maximum Gasteiger partial charge on any atom is 0.257 e. The van der Waals surface area contributed by atoms with Crippen LogP contribution in [0.5, 0.6) is 0 Å². The Kier molecular flexibility index (Phi) is 4.01. The van der Waals surface area contributed by atoms with Gasteiger partial charge in [0.2, 0.25) is 5.95 Å². The second-order valence-corrected chi connectivity index (χ2v) is 7.19. The molecule has 0 bridgehead atoms. The van der Waals surface area contributed by atoms with E-state index in [0.717, 1.165) is 13.1 Å². The van der Waals surface area contributed by atoms with Crippen molar-refractivity contribution < 1.29 is 14.6 Å². The molecule has 0 spiro atoms. The van der Waals surface area contributed by atoms with Gasteiger partial charge < -0.3 is 19.6 Å². The number of anilines is 1. The lowest BCUT2D eigenvalue weighted by Gasteiger charge is -2.30. The third kappa shape index (κ3) is 3.03. The van der Waals surface area contributed by atoms with E-state index in [1.165, 1.54) is 0 Å². The molecule has 0 saturated carbocycles. The summed E-state index contributed by atoms with van der Waals surface area (Å²) in [6.07, 6.45) is 3.14. The van der Waals surface area contributed by atoms with E-state index in [0.29, 0.717) is 37.8 Å². The van der Waals surface area contributed by atoms with Crippen LogP contribution in [-0.4, -0.2) is 70.9 Å². The van der Waals surface area contributed by atoms with Crippen LogP contribution in [0.1, 0.15) is 31.1 Å². The molecule has 1 aromatic rings. The van der Waals surface area contributed by atoms with E-state index in [4.69, 9.17) is 4.74 Å². The molecule has 1 amide bonds. The van der Waals surface area contributed by atoms with E-state index in [1.54, 1.807) is 24.2 Å². The topological polar surface area (TPSA) is 78.8 Å². The fourth-order valence-electron chi connectivity index (χ4n) is 2.97. The SMILES string of the molecule is CC1(C)CN(C(=O)c2cnc(N3CCOCC3)nc2)CC1(C)O. The van der Waals surface area contributed by atoms with E-state index >= 15 is 0 Å². The summed E-state index contributed by atoms with van der Waals surface area (Å²) >= 11 is 0. The Morgan fingerprint density at radius 1 is 1.17 bits per heavy atom. The zero-order valence-electron chi connectivity index (χ0n) is 13.9. The first kappa shape index (κ1) is 16.1.